The number of benzene rings is 2. The Morgan fingerprint density at radius 2 is 1.82 bits per heavy atom. The first-order chi connectivity index (χ1) is 15.8. The standard InChI is InChI=1S/C23H23F3N4O2S/c1-15(21-27-20(28-32-21)16-6-5-7-17(14-16)23(24,25)26)29-10-12-30(13-11-29)22(31)18-8-3-4-9-19(18)33-2/h3-9,14-15H,10-13H2,1-2H3/t15-/m1/s1. The smallest absolute Gasteiger partial charge is 0.337 e. The normalized spacial score (nSPS) is 16.1. The number of alkyl halides is 3. The summed E-state index contributed by atoms with van der Waals surface area (Å²) in [6, 6.07) is 12.2. The Labute approximate surface area is 193 Å². The van der Waals surface area contributed by atoms with Gasteiger partial charge in [-0.25, -0.2) is 0 Å². The van der Waals surface area contributed by atoms with Crippen LogP contribution in [0.5, 0.6) is 0 Å². The molecule has 6 nitrogen and oxygen atoms in total. The summed E-state index contributed by atoms with van der Waals surface area (Å²) in [7, 11) is 0. The van der Waals surface area contributed by atoms with E-state index in [1.54, 1.807) is 11.8 Å². The van der Waals surface area contributed by atoms with E-state index < -0.39 is 11.7 Å². The van der Waals surface area contributed by atoms with Crippen molar-refractivity contribution in [2.24, 2.45) is 0 Å². The minimum Gasteiger partial charge on any atom is -0.337 e. The Hall–Kier alpha value is -2.85. The van der Waals surface area contributed by atoms with Gasteiger partial charge in [-0.15, -0.1) is 11.8 Å². The van der Waals surface area contributed by atoms with E-state index in [0.29, 0.717) is 37.6 Å². The maximum Gasteiger partial charge on any atom is 0.416 e. The fraction of sp³-hybridized carbons (Fsp3) is 0.348. The highest BCUT2D eigenvalue weighted by Gasteiger charge is 2.32. The lowest BCUT2D eigenvalue weighted by atomic mass is 10.1. The van der Waals surface area contributed by atoms with Gasteiger partial charge in [0.1, 0.15) is 0 Å². The van der Waals surface area contributed by atoms with E-state index in [4.69, 9.17) is 4.52 Å². The molecule has 1 atom stereocenters. The summed E-state index contributed by atoms with van der Waals surface area (Å²) in [5.41, 5.74) is 0.187. The molecule has 33 heavy (non-hydrogen) atoms. The molecule has 0 saturated carbocycles. The summed E-state index contributed by atoms with van der Waals surface area (Å²) in [6.07, 6.45) is -2.49. The molecule has 0 aliphatic carbocycles. The summed E-state index contributed by atoms with van der Waals surface area (Å²) in [6.45, 7) is 4.26. The topological polar surface area (TPSA) is 62.5 Å². The van der Waals surface area contributed by atoms with Gasteiger partial charge in [0.2, 0.25) is 11.7 Å². The lowest BCUT2D eigenvalue weighted by molar-refractivity contribution is -0.137. The Balaban J connectivity index is 1.41. The van der Waals surface area contributed by atoms with Crippen LogP contribution in [-0.2, 0) is 6.18 Å². The summed E-state index contributed by atoms with van der Waals surface area (Å²) in [5.74, 6) is 0.456. The third-order valence-corrected chi connectivity index (χ3v) is 6.53. The van der Waals surface area contributed by atoms with Crippen molar-refractivity contribution in [1.82, 2.24) is 19.9 Å². The molecular formula is C23H23F3N4O2S. The van der Waals surface area contributed by atoms with Gasteiger partial charge < -0.3 is 9.42 Å². The maximum absolute atomic E-state index is 13.0. The highest BCUT2D eigenvalue weighted by molar-refractivity contribution is 7.98. The van der Waals surface area contributed by atoms with Crippen LogP contribution in [0.25, 0.3) is 11.4 Å². The number of carbonyl (C=O) groups excluding carboxylic acids is 1. The lowest BCUT2D eigenvalue weighted by Crippen LogP contribution is -2.49. The van der Waals surface area contributed by atoms with Crippen LogP contribution in [0.2, 0.25) is 0 Å². The predicted molar refractivity (Wildman–Crippen MR) is 119 cm³/mol. The highest BCUT2D eigenvalue weighted by atomic mass is 32.2. The van der Waals surface area contributed by atoms with Crippen molar-refractivity contribution >= 4 is 17.7 Å². The molecule has 3 aromatic rings. The monoisotopic (exact) mass is 476 g/mol. The minimum atomic E-state index is -4.44. The average molecular weight is 477 g/mol. The van der Waals surface area contributed by atoms with Gasteiger partial charge in [-0.2, -0.15) is 18.2 Å². The predicted octanol–water partition coefficient (Wildman–Crippen LogP) is 5.00. The fourth-order valence-corrected chi connectivity index (χ4v) is 4.41. The first-order valence-electron chi connectivity index (χ1n) is 10.5. The minimum absolute atomic E-state index is 0.0110. The van der Waals surface area contributed by atoms with Crippen LogP contribution in [0, 0.1) is 0 Å². The van der Waals surface area contributed by atoms with Crippen molar-refractivity contribution in [3.8, 4) is 11.4 Å². The second-order valence-corrected chi connectivity index (χ2v) is 8.59. The highest BCUT2D eigenvalue weighted by Crippen LogP contribution is 2.32. The molecule has 1 amide bonds. The number of nitrogens with zero attached hydrogens (tertiary/aromatic N) is 4. The number of hydrogen-bond donors (Lipinski definition) is 0. The lowest BCUT2D eigenvalue weighted by Gasteiger charge is -2.37. The van der Waals surface area contributed by atoms with Gasteiger partial charge in [0.25, 0.3) is 5.91 Å². The zero-order valence-electron chi connectivity index (χ0n) is 18.2. The van der Waals surface area contributed by atoms with E-state index in [1.165, 1.54) is 12.1 Å². The van der Waals surface area contributed by atoms with Gasteiger partial charge in [0, 0.05) is 36.6 Å². The quantitative estimate of drug-likeness (QED) is 0.483. The van der Waals surface area contributed by atoms with E-state index in [1.807, 2.05) is 42.3 Å². The van der Waals surface area contributed by atoms with Crippen LogP contribution in [0.15, 0.2) is 57.9 Å². The summed E-state index contributed by atoms with van der Waals surface area (Å²) < 4.78 is 44.4. The molecule has 0 spiro atoms. The Morgan fingerprint density at radius 3 is 2.52 bits per heavy atom. The molecule has 0 unspecified atom stereocenters. The molecule has 0 N–H and O–H groups in total. The van der Waals surface area contributed by atoms with Gasteiger partial charge in [0.15, 0.2) is 0 Å². The fourth-order valence-electron chi connectivity index (χ4n) is 3.82. The number of rotatable bonds is 5. The number of halogens is 3. The summed E-state index contributed by atoms with van der Waals surface area (Å²) >= 11 is 1.55. The van der Waals surface area contributed by atoms with Crippen LogP contribution in [0.1, 0.15) is 34.8 Å². The molecule has 0 radical (unpaired) electrons. The third-order valence-electron chi connectivity index (χ3n) is 5.73. The van der Waals surface area contributed by atoms with Gasteiger partial charge in [-0.05, 0) is 37.4 Å². The summed E-state index contributed by atoms with van der Waals surface area (Å²) in [5, 5.41) is 3.88. The number of carbonyl (C=O) groups is 1. The van der Waals surface area contributed by atoms with Crippen molar-refractivity contribution in [2.75, 3.05) is 32.4 Å². The third kappa shape index (κ3) is 5.06. The Morgan fingerprint density at radius 1 is 1.09 bits per heavy atom. The molecule has 10 heteroatoms. The second-order valence-electron chi connectivity index (χ2n) is 7.74. The first kappa shape index (κ1) is 23.3. The molecular weight excluding hydrogens is 453 g/mol. The van der Waals surface area contributed by atoms with Crippen molar-refractivity contribution in [2.45, 2.75) is 24.0 Å². The van der Waals surface area contributed by atoms with Crippen LogP contribution in [-0.4, -0.2) is 58.3 Å². The molecule has 2 aromatic carbocycles. The maximum atomic E-state index is 13.0. The van der Waals surface area contributed by atoms with Gasteiger partial charge in [-0.1, -0.05) is 29.4 Å². The van der Waals surface area contributed by atoms with E-state index in [-0.39, 0.29) is 23.3 Å². The van der Waals surface area contributed by atoms with Gasteiger partial charge >= 0.3 is 6.18 Å². The number of hydrogen-bond acceptors (Lipinski definition) is 6. The van der Waals surface area contributed by atoms with Gasteiger partial charge in [-0.3, -0.25) is 9.69 Å². The first-order valence-corrected chi connectivity index (χ1v) is 11.7. The number of aromatic nitrogens is 2. The molecule has 1 aliphatic rings. The van der Waals surface area contributed by atoms with Crippen molar-refractivity contribution in [3.05, 3.63) is 65.5 Å². The SMILES string of the molecule is CSc1ccccc1C(=O)N1CCN([C@H](C)c2nc(-c3cccc(C(F)(F)F)c3)no2)CC1. The Kier molecular flexibility index (Phi) is 6.76. The molecule has 4 rings (SSSR count). The second kappa shape index (κ2) is 9.56. The molecule has 1 fully saturated rings. The van der Waals surface area contributed by atoms with Crippen molar-refractivity contribution in [3.63, 3.8) is 0 Å². The summed E-state index contributed by atoms with van der Waals surface area (Å²) in [4.78, 5) is 22.2. The number of piperazine rings is 1. The number of amides is 1. The molecule has 1 aliphatic heterocycles. The molecule has 2 heterocycles. The molecule has 1 aromatic heterocycles. The molecule has 1 saturated heterocycles. The zero-order chi connectivity index (χ0) is 23.6. The molecule has 0 bridgehead atoms. The molecule has 174 valence electrons. The van der Waals surface area contributed by atoms with Gasteiger partial charge in [0.05, 0.1) is 17.2 Å². The van der Waals surface area contributed by atoms with E-state index in [0.717, 1.165) is 17.0 Å². The van der Waals surface area contributed by atoms with Crippen molar-refractivity contribution in [1.29, 1.82) is 0 Å². The Bertz CT molecular complexity index is 1130. The van der Waals surface area contributed by atoms with E-state index in [9.17, 15) is 18.0 Å². The number of thioether (sulfide) groups is 1. The van der Waals surface area contributed by atoms with Crippen LogP contribution in [0.3, 0.4) is 0 Å². The van der Waals surface area contributed by atoms with Crippen LogP contribution in [0.4, 0.5) is 13.2 Å². The van der Waals surface area contributed by atoms with E-state index >= 15 is 0 Å². The van der Waals surface area contributed by atoms with E-state index in [2.05, 4.69) is 15.0 Å². The largest absolute Gasteiger partial charge is 0.416 e. The van der Waals surface area contributed by atoms with Crippen molar-refractivity contribution < 1.29 is 22.5 Å². The van der Waals surface area contributed by atoms with Crippen LogP contribution >= 0.6 is 11.8 Å². The van der Waals surface area contributed by atoms with Crippen LogP contribution < -0.4 is 0 Å². The zero-order valence-corrected chi connectivity index (χ0v) is 19.0. The average Bonchev–Trinajstić information content (AvgIpc) is 3.33.